The lowest BCUT2D eigenvalue weighted by Gasteiger charge is -2.38. The molecule has 24 heavy (non-hydrogen) atoms. The van der Waals surface area contributed by atoms with Crippen molar-refractivity contribution in [2.45, 2.75) is 33.1 Å². The third kappa shape index (κ3) is 3.55. The Morgan fingerprint density at radius 1 is 1.04 bits per heavy atom. The highest BCUT2D eigenvalue weighted by molar-refractivity contribution is 5.85. The van der Waals surface area contributed by atoms with Crippen LogP contribution in [0.1, 0.15) is 30.4 Å². The maximum absolute atomic E-state index is 12.5. The summed E-state index contributed by atoms with van der Waals surface area (Å²) in [5.74, 6) is 0.217. The van der Waals surface area contributed by atoms with Crippen LogP contribution in [0.15, 0.2) is 18.2 Å². The topological polar surface area (TPSA) is 43.9 Å². The van der Waals surface area contributed by atoms with Gasteiger partial charge in [-0.15, -0.1) is 0 Å². The van der Waals surface area contributed by atoms with Gasteiger partial charge in [0, 0.05) is 44.8 Å². The van der Waals surface area contributed by atoms with Gasteiger partial charge in [0.15, 0.2) is 0 Å². The Balaban J connectivity index is 1.55. The van der Waals surface area contributed by atoms with Crippen LogP contribution in [0.25, 0.3) is 0 Å². The molecule has 130 valence electrons. The minimum atomic E-state index is 0.0888. The number of piperazine rings is 1. The van der Waals surface area contributed by atoms with Crippen LogP contribution in [-0.2, 0) is 9.59 Å². The van der Waals surface area contributed by atoms with E-state index in [1.54, 1.807) is 4.90 Å². The lowest BCUT2D eigenvalue weighted by molar-refractivity contribution is -0.142. The van der Waals surface area contributed by atoms with Gasteiger partial charge in [0.05, 0.1) is 6.54 Å². The molecule has 0 N–H and O–H groups in total. The largest absolute Gasteiger partial charge is 0.368 e. The summed E-state index contributed by atoms with van der Waals surface area (Å²) in [6.45, 7) is 8.43. The number of amides is 2. The standard InChI is InChI=1S/C19H27N3O2/c1-15-6-5-7-17(16(15)2)20-10-12-21(13-11-20)19(24)14-22-9-4-3-8-18(22)23/h5-7H,3-4,8-14H2,1-2H3. The lowest BCUT2D eigenvalue weighted by atomic mass is 10.1. The smallest absolute Gasteiger partial charge is 0.242 e. The molecular formula is C19H27N3O2. The molecule has 0 saturated carbocycles. The number of hydrogen-bond acceptors (Lipinski definition) is 3. The van der Waals surface area contributed by atoms with Gasteiger partial charge in [-0.3, -0.25) is 9.59 Å². The minimum Gasteiger partial charge on any atom is -0.368 e. The molecule has 0 unspecified atom stereocenters. The minimum absolute atomic E-state index is 0.0888. The molecular weight excluding hydrogens is 302 g/mol. The molecule has 1 aromatic rings. The van der Waals surface area contributed by atoms with Gasteiger partial charge in [-0.05, 0) is 43.9 Å². The molecule has 2 amide bonds. The van der Waals surface area contributed by atoms with E-state index in [1.807, 2.05) is 4.90 Å². The molecule has 0 bridgehead atoms. The number of nitrogens with zero attached hydrogens (tertiary/aromatic N) is 3. The van der Waals surface area contributed by atoms with Crippen LogP contribution in [0.5, 0.6) is 0 Å². The SMILES string of the molecule is Cc1cccc(N2CCN(C(=O)CN3CCCCC3=O)CC2)c1C. The summed E-state index contributed by atoms with van der Waals surface area (Å²) < 4.78 is 0. The predicted molar refractivity (Wildman–Crippen MR) is 95.1 cm³/mol. The Bertz CT molecular complexity index is 621. The van der Waals surface area contributed by atoms with Crippen molar-refractivity contribution in [3.8, 4) is 0 Å². The Kier molecular flexibility index (Phi) is 5.07. The number of hydrogen-bond donors (Lipinski definition) is 0. The summed E-state index contributed by atoms with van der Waals surface area (Å²) in [7, 11) is 0. The highest BCUT2D eigenvalue weighted by Gasteiger charge is 2.26. The van der Waals surface area contributed by atoms with Crippen molar-refractivity contribution >= 4 is 17.5 Å². The lowest BCUT2D eigenvalue weighted by Crippen LogP contribution is -2.52. The molecule has 0 atom stereocenters. The Morgan fingerprint density at radius 3 is 2.50 bits per heavy atom. The second-order valence-corrected chi connectivity index (χ2v) is 6.86. The number of carbonyl (C=O) groups excluding carboxylic acids is 2. The van der Waals surface area contributed by atoms with E-state index in [0.717, 1.165) is 45.6 Å². The fourth-order valence-corrected chi connectivity index (χ4v) is 3.57. The fraction of sp³-hybridized carbons (Fsp3) is 0.579. The first-order valence-corrected chi connectivity index (χ1v) is 8.93. The number of carbonyl (C=O) groups is 2. The average molecular weight is 329 g/mol. The van der Waals surface area contributed by atoms with Gasteiger partial charge >= 0.3 is 0 Å². The average Bonchev–Trinajstić information content (AvgIpc) is 2.59. The van der Waals surface area contributed by atoms with Crippen molar-refractivity contribution in [1.29, 1.82) is 0 Å². The van der Waals surface area contributed by atoms with Gasteiger partial charge < -0.3 is 14.7 Å². The first-order chi connectivity index (χ1) is 11.6. The van der Waals surface area contributed by atoms with Crippen molar-refractivity contribution < 1.29 is 9.59 Å². The van der Waals surface area contributed by atoms with Gasteiger partial charge in [-0.2, -0.15) is 0 Å². The van der Waals surface area contributed by atoms with Crippen molar-refractivity contribution in [3.63, 3.8) is 0 Å². The maximum atomic E-state index is 12.5. The molecule has 1 aromatic carbocycles. The van der Waals surface area contributed by atoms with Crippen molar-refractivity contribution in [2.24, 2.45) is 0 Å². The second-order valence-electron chi connectivity index (χ2n) is 6.86. The summed E-state index contributed by atoms with van der Waals surface area (Å²) in [5, 5.41) is 0. The van der Waals surface area contributed by atoms with E-state index < -0.39 is 0 Å². The summed E-state index contributed by atoms with van der Waals surface area (Å²) in [4.78, 5) is 30.3. The zero-order valence-corrected chi connectivity index (χ0v) is 14.8. The van der Waals surface area contributed by atoms with Gasteiger partial charge in [0.25, 0.3) is 0 Å². The molecule has 0 aliphatic carbocycles. The van der Waals surface area contributed by atoms with Crippen LogP contribution in [0.4, 0.5) is 5.69 Å². The van der Waals surface area contributed by atoms with Crippen LogP contribution in [-0.4, -0.2) is 60.9 Å². The van der Waals surface area contributed by atoms with E-state index in [0.29, 0.717) is 6.42 Å². The summed E-state index contributed by atoms with van der Waals surface area (Å²) in [5.41, 5.74) is 3.89. The molecule has 3 rings (SSSR count). The number of likely N-dealkylation sites (tertiary alicyclic amines) is 1. The molecule has 2 aliphatic heterocycles. The molecule has 2 saturated heterocycles. The van der Waals surface area contributed by atoms with E-state index in [2.05, 4.69) is 36.9 Å². The van der Waals surface area contributed by atoms with Crippen LogP contribution in [0.3, 0.4) is 0 Å². The van der Waals surface area contributed by atoms with Gasteiger partial charge in [0.2, 0.25) is 11.8 Å². The van der Waals surface area contributed by atoms with Crippen LogP contribution < -0.4 is 4.90 Å². The number of aryl methyl sites for hydroxylation is 1. The maximum Gasteiger partial charge on any atom is 0.242 e. The molecule has 2 aliphatic rings. The number of rotatable bonds is 3. The number of piperidine rings is 1. The van der Waals surface area contributed by atoms with E-state index in [4.69, 9.17) is 0 Å². The molecule has 2 heterocycles. The zero-order chi connectivity index (χ0) is 17.1. The molecule has 0 spiro atoms. The predicted octanol–water partition coefficient (Wildman–Crippen LogP) is 1.96. The zero-order valence-electron chi connectivity index (χ0n) is 14.8. The first kappa shape index (κ1) is 16.8. The molecule has 0 aromatic heterocycles. The third-order valence-corrected chi connectivity index (χ3v) is 5.30. The molecule has 2 fully saturated rings. The van der Waals surface area contributed by atoms with E-state index >= 15 is 0 Å². The van der Waals surface area contributed by atoms with Gasteiger partial charge in [0.1, 0.15) is 0 Å². The Labute approximate surface area is 144 Å². The Hall–Kier alpha value is -2.04. The number of anilines is 1. The van der Waals surface area contributed by atoms with E-state index in [-0.39, 0.29) is 18.4 Å². The van der Waals surface area contributed by atoms with Gasteiger partial charge in [-0.25, -0.2) is 0 Å². The normalized spacial score (nSPS) is 18.9. The second kappa shape index (κ2) is 7.24. The van der Waals surface area contributed by atoms with Gasteiger partial charge in [-0.1, -0.05) is 12.1 Å². The van der Waals surface area contributed by atoms with Crippen LogP contribution >= 0.6 is 0 Å². The molecule has 0 radical (unpaired) electrons. The van der Waals surface area contributed by atoms with Crippen molar-refractivity contribution in [2.75, 3.05) is 44.2 Å². The quantitative estimate of drug-likeness (QED) is 0.851. The van der Waals surface area contributed by atoms with Crippen LogP contribution in [0.2, 0.25) is 0 Å². The third-order valence-electron chi connectivity index (χ3n) is 5.30. The summed E-state index contributed by atoms with van der Waals surface area (Å²) in [6, 6.07) is 6.39. The van der Waals surface area contributed by atoms with E-state index in [1.165, 1.54) is 16.8 Å². The highest BCUT2D eigenvalue weighted by Crippen LogP contribution is 2.24. The Morgan fingerprint density at radius 2 is 1.79 bits per heavy atom. The highest BCUT2D eigenvalue weighted by atomic mass is 16.2. The van der Waals surface area contributed by atoms with E-state index in [9.17, 15) is 9.59 Å². The number of benzene rings is 1. The summed E-state index contributed by atoms with van der Waals surface area (Å²) >= 11 is 0. The van der Waals surface area contributed by atoms with Crippen molar-refractivity contribution in [1.82, 2.24) is 9.80 Å². The fourth-order valence-electron chi connectivity index (χ4n) is 3.57. The molecule has 5 nitrogen and oxygen atoms in total. The first-order valence-electron chi connectivity index (χ1n) is 8.93. The summed E-state index contributed by atoms with van der Waals surface area (Å²) in [6.07, 6.45) is 2.56. The van der Waals surface area contributed by atoms with Crippen molar-refractivity contribution in [3.05, 3.63) is 29.3 Å². The molecule has 5 heteroatoms. The van der Waals surface area contributed by atoms with Crippen LogP contribution in [0, 0.1) is 13.8 Å². The monoisotopic (exact) mass is 329 g/mol.